The molecule has 0 aromatic carbocycles. The van der Waals surface area contributed by atoms with Crippen molar-refractivity contribution in [1.29, 1.82) is 0 Å². The molecule has 0 aliphatic rings. The lowest BCUT2D eigenvalue weighted by molar-refractivity contribution is -0.122. The molecule has 0 rings (SSSR count). The summed E-state index contributed by atoms with van der Waals surface area (Å²) < 4.78 is 0. The number of nitrogens with one attached hydrogen (secondary N) is 1. The van der Waals surface area contributed by atoms with E-state index in [1.807, 2.05) is 0 Å². The predicted octanol–water partition coefficient (Wildman–Crippen LogP) is 0.891. The molecule has 4 heteroatoms. The summed E-state index contributed by atoms with van der Waals surface area (Å²) in [6.45, 7) is 5.41. The minimum absolute atomic E-state index is 0.204. The van der Waals surface area contributed by atoms with Crippen molar-refractivity contribution in [2.24, 2.45) is 0 Å². The number of carbonyl (C=O) groups is 1. The molecule has 1 atom stereocenters. The first-order valence-corrected chi connectivity index (χ1v) is 4.37. The van der Waals surface area contributed by atoms with E-state index in [1.54, 1.807) is 20.8 Å². The number of aliphatic hydroxyl groups is 1. The molecule has 0 radical (unpaired) electrons. The van der Waals surface area contributed by atoms with Crippen LogP contribution in [0.15, 0.2) is 0 Å². The van der Waals surface area contributed by atoms with Crippen LogP contribution >= 0.6 is 11.6 Å². The molecule has 0 saturated heterocycles. The Morgan fingerprint density at radius 2 is 2.17 bits per heavy atom. The van der Waals surface area contributed by atoms with Crippen molar-refractivity contribution in [1.82, 2.24) is 5.32 Å². The Balaban J connectivity index is 3.59. The first-order valence-electron chi connectivity index (χ1n) is 3.99. The zero-order chi connectivity index (χ0) is 9.78. The van der Waals surface area contributed by atoms with Crippen LogP contribution in [-0.2, 0) is 4.79 Å². The lowest BCUT2D eigenvalue weighted by Gasteiger charge is -2.15. The molecule has 0 fully saturated rings. The highest BCUT2D eigenvalue weighted by molar-refractivity contribution is 6.34. The third kappa shape index (κ3) is 5.38. The van der Waals surface area contributed by atoms with Crippen LogP contribution in [0.4, 0.5) is 0 Å². The van der Waals surface area contributed by atoms with Crippen LogP contribution in [-0.4, -0.2) is 28.5 Å². The summed E-state index contributed by atoms with van der Waals surface area (Å²) in [6, 6.07) is 0. The normalized spacial score (nSPS) is 14.1. The van der Waals surface area contributed by atoms with E-state index in [-0.39, 0.29) is 12.0 Å². The standard InChI is InChI=1S/C8H16ClNO2/c1-6(11)4-5-10-7(12)8(2,3)9/h6,11H,4-5H2,1-3H3,(H,10,12). The first-order chi connectivity index (χ1) is 5.34. The van der Waals surface area contributed by atoms with E-state index in [1.165, 1.54) is 0 Å². The molecule has 0 aromatic rings. The number of carbonyl (C=O) groups excluding carboxylic acids is 1. The maximum atomic E-state index is 11.1. The number of rotatable bonds is 4. The molecule has 72 valence electrons. The number of halogens is 1. The fourth-order valence-corrected chi connectivity index (χ4v) is 0.672. The van der Waals surface area contributed by atoms with Crippen molar-refractivity contribution in [2.45, 2.75) is 38.2 Å². The Kier molecular flexibility index (Phi) is 4.57. The van der Waals surface area contributed by atoms with Crippen LogP contribution < -0.4 is 5.32 Å². The molecule has 0 spiro atoms. The second-order valence-corrected chi connectivity index (χ2v) is 4.31. The fourth-order valence-electron chi connectivity index (χ4n) is 0.605. The van der Waals surface area contributed by atoms with Crippen LogP contribution in [0.25, 0.3) is 0 Å². The molecular weight excluding hydrogens is 178 g/mol. The number of alkyl halides is 1. The van der Waals surface area contributed by atoms with Gasteiger partial charge in [-0.05, 0) is 27.2 Å². The van der Waals surface area contributed by atoms with Gasteiger partial charge in [0.2, 0.25) is 5.91 Å². The molecule has 2 N–H and O–H groups in total. The van der Waals surface area contributed by atoms with Gasteiger partial charge in [-0.25, -0.2) is 0 Å². The summed E-state index contributed by atoms with van der Waals surface area (Å²) in [6.07, 6.45) is 0.169. The smallest absolute Gasteiger partial charge is 0.240 e. The SMILES string of the molecule is CC(O)CCNC(=O)C(C)(C)Cl. The van der Waals surface area contributed by atoms with E-state index >= 15 is 0 Å². The first kappa shape index (κ1) is 11.7. The summed E-state index contributed by atoms with van der Waals surface area (Å²) in [4.78, 5) is 10.3. The Hall–Kier alpha value is -0.280. The average molecular weight is 194 g/mol. The van der Waals surface area contributed by atoms with Gasteiger partial charge in [0.05, 0.1) is 6.10 Å². The zero-order valence-corrected chi connectivity index (χ0v) is 8.48. The Morgan fingerprint density at radius 1 is 1.67 bits per heavy atom. The predicted molar refractivity (Wildman–Crippen MR) is 49.2 cm³/mol. The van der Waals surface area contributed by atoms with Gasteiger partial charge in [-0.1, -0.05) is 0 Å². The molecule has 0 aromatic heterocycles. The molecule has 1 unspecified atom stereocenters. The average Bonchev–Trinajstić information content (AvgIpc) is 1.84. The van der Waals surface area contributed by atoms with Gasteiger partial charge in [0.25, 0.3) is 0 Å². The number of amides is 1. The summed E-state index contributed by atoms with van der Waals surface area (Å²) in [5.74, 6) is -0.204. The molecular formula is C8H16ClNO2. The van der Waals surface area contributed by atoms with Crippen molar-refractivity contribution in [3.63, 3.8) is 0 Å². The van der Waals surface area contributed by atoms with Crippen molar-refractivity contribution in [3.05, 3.63) is 0 Å². The highest BCUT2D eigenvalue weighted by Crippen LogP contribution is 2.11. The zero-order valence-electron chi connectivity index (χ0n) is 7.72. The maximum absolute atomic E-state index is 11.1. The van der Waals surface area contributed by atoms with Gasteiger partial charge < -0.3 is 10.4 Å². The third-order valence-electron chi connectivity index (χ3n) is 1.39. The molecule has 0 bridgehead atoms. The fraction of sp³-hybridized carbons (Fsp3) is 0.875. The van der Waals surface area contributed by atoms with E-state index in [0.29, 0.717) is 13.0 Å². The van der Waals surface area contributed by atoms with Crippen LogP contribution in [0.2, 0.25) is 0 Å². The van der Waals surface area contributed by atoms with Gasteiger partial charge in [-0.3, -0.25) is 4.79 Å². The van der Waals surface area contributed by atoms with E-state index in [0.717, 1.165) is 0 Å². The summed E-state index contributed by atoms with van der Waals surface area (Å²) in [5.41, 5.74) is 0. The van der Waals surface area contributed by atoms with Crippen molar-refractivity contribution in [3.8, 4) is 0 Å². The lowest BCUT2D eigenvalue weighted by atomic mass is 10.2. The quantitative estimate of drug-likeness (QED) is 0.652. The van der Waals surface area contributed by atoms with Gasteiger partial charge in [-0.15, -0.1) is 11.6 Å². The second-order valence-electron chi connectivity index (χ2n) is 3.37. The van der Waals surface area contributed by atoms with Crippen LogP contribution in [0.5, 0.6) is 0 Å². The largest absolute Gasteiger partial charge is 0.393 e. The monoisotopic (exact) mass is 193 g/mol. The lowest BCUT2D eigenvalue weighted by Crippen LogP contribution is -2.38. The second kappa shape index (κ2) is 4.67. The molecule has 3 nitrogen and oxygen atoms in total. The molecule has 1 amide bonds. The minimum atomic E-state index is -0.862. The topological polar surface area (TPSA) is 49.3 Å². The third-order valence-corrected chi connectivity index (χ3v) is 1.56. The highest BCUT2D eigenvalue weighted by atomic mass is 35.5. The summed E-state index contributed by atoms with van der Waals surface area (Å²) >= 11 is 5.72. The molecule has 0 heterocycles. The van der Waals surface area contributed by atoms with E-state index < -0.39 is 4.87 Å². The van der Waals surface area contributed by atoms with Crippen LogP contribution in [0.1, 0.15) is 27.2 Å². The Morgan fingerprint density at radius 3 is 2.50 bits per heavy atom. The van der Waals surface area contributed by atoms with Gasteiger partial charge in [0.1, 0.15) is 4.87 Å². The summed E-state index contributed by atoms with van der Waals surface area (Å²) in [7, 11) is 0. The van der Waals surface area contributed by atoms with Gasteiger partial charge >= 0.3 is 0 Å². The maximum Gasteiger partial charge on any atom is 0.240 e. The Labute approximate surface area is 78.1 Å². The van der Waals surface area contributed by atoms with E-state index in [2.05, 4.69) is 5.32 Å². The van der Waals surface area contributed by atoms with Crippen LogP contribution in [0.3, 0.4) is 0 Å². The Bertz CT molecular complexity index is 152. The van der Waals surface area contributed by atoms with Crippen molar-refractivity contribution >= 4 is 17.5 Å². The molecule has 0 aliphatic heterocycles. The van der Waals surface area contributed by atoms with E-state index in [4.69, 9.17) is 16.7 Å². The van der Waals surface area contributed by atoms with Gasteiger partial charge in [-0.2, -0.15) is 0 Å². The molecule has 0 aliphatic carbocycles. The minimum Gasteiger partial charge on any atom is -0.393 e. The number of hydrogen-bond donors (Lipinski definition) is 2. The van der Waals surface area contributed by atoms with Crippen molar-refractivity contribution in [2.75, 3.05) is 6.54 Å². The number of aliphatic hydroxyl groups excluding tert-OH is 1. The molecule has 0 saturated carbocycles. The van der Waals surface area contributed by atoms with E-state index in [9.17, 15) is 4.79 Å². The molecule has 12 heavy (non-hydrogen) atoms. The highest BCUT2D eigenvalue weighted by Gasteiger charge is 2.23. The number of hydrogen-bond acceptors (Lipinski definition) is 2. The van der Waals surface area contributed by atoms with Gasteiger partial charge in [0.15, 0.2) is 0 Å². The summed E-state index contributed by atoms with van der Waals surface area (Å²) in [5, 5.41) is 11.5. The van der Waals surface area contributed by atoms with Crippen LogP contribution in [0, 0.1) is 0 Å². The van der Waals surface area contributed by atoms with Crippen molar-refractivity contribution < 1.29 is 9.90 Å². The van der Waals surface area contributed by atoms with Gasteiger partial charge in [0, 0.05) is 6.54 Å².